The third-order valence-electron chi connectivity index (χ3n) is 4.29. The predicted octanol–water partition coefficient (Wildman–Crippen LogP) is 5.59. The summed E-state index contributed by atoms with van der Waals surface area (Å²) >= 11 is 3.62. The van der Waals surface area contributed by atoms with E-state index in [-0.39, 0.29) is 0 Å². The van der Waals surface area contributed by atoms with Crippen LogP contribution in [0.15, 0.2) is 46.8 Å². The smallest absolute Gasteiger partial charge is 0.116 e. The maximum atomic E-state index is 4.37. The van der Waals surface area contributed by atoms with E-state index >= 15 is 0 Å². The number of thiophene rings is 2. The van der Waals surface area contributed by atoms with Gasteiger partial charge in [0.2, 0.25) is 0 Å². The summed E-state index contributed by atoms with van der Waals surface area (Å²) in [6, 6.07) is 8.62. The van der Waals surface area contributed by atoms with E-state index in [1.165, 1.54) is 29.6 Å². The molecule has 0 saturated carbocycles. The molecule has 0 fully saturated rings. The Kier molecular flexibility index (Phi) is 3.16. The molecule has 25 heavy (non-hydrogen) atoms. The van der Waals surface area contributed by atoms with Crippen LogP contribution in [0, 0.1) is 0 Å². The first-order valence-electron chi connectivity index (χ1n) is 7.70. The Morgan fingerprint density at radius 2 is 1.80 bits per heavy atom. The number of nitrogens with zero attached hydrogens (tertiary/aromatic N) is 4. The van der Waals surface area contributed by atoms with E-state index in [4.69, 9.17) is 0 Å². The Hall–Kier alpha value is -2.70. The van der Waals surface area contributed by atoms with Crippen LogP contribution < -0.4 is 0 Å². The normalized spacial score (nSPS) is 12.2. The molecule has 0 atom stereocenters. The number of benzene rings is 2. The van der Waals surface area contributed by atoms with Gasteiger partial charge in [0, 0.05) is 50.6 Å². The fraction of sp³-hybridized carbons (Fsp3) is 0.0526. The topological polar surface area (TPSA) is 50.5 Å². The summed E-state index contributed by atoms with van der Waals surface area (Å²) < 4.78 is 5.10. The quantitative estimate of drug-likeness (QED) is 0.385. The van der Waals surface area contributed by atoms with Gasteiger partial charge in [0.05, 0.1) is 20.6 Å². The van der Waals surface area contributed by atoms with Crippen LogP contribution in [0.5, 0.6) is 0 Å². The molecule has 0 saturated heterocycles. The van der Waals surface area contributed by atoms with Gasteiger partial charge in [-0.3, -0.25) is 9.98 Å². The molecule has 0 amide bonds. The fourth-order valence-corrected chi connectivity index (χ4v) is 5.85. The monoisotopic (exact) mass is 360 g/mol. The lowest BCUT2D eigenvalue weighted by Gasteiger charge is -2.00. The Labute approximate surface area is 151 Å². The zero-order valence-electron chi connectivity index (χ0n) is 13.4. The minimum absolute atomic E-state index is 0.867. The number of aliphatic imine (C=N–C) groups is 2. The zero-order valence-corrected chi connectivity index (χ0v) is 15.0. The van der Waals surface area contributed by atoms with Crippen LogP contribution in [0.2, 0.25) is 0 Å². The molecule has 0 aliphatic rings. The van der Waals surface area contributed by atoms with Crippen molar-refractivity contribution in [1.82, 2.24) is 9.97 Å². The van der Waals surface area contributed by atoms with Crippen LogP contribution >= 0.6 is 22.7 Å². The molecule has 5 rings (SSSR count). The number of fused-ring (bicyclic) bond motifs is 6. The highest BCUT2D eigenvalue weighted by Gasteiger charge is 2.15. The van der Waals surface area contributed by atoms with E-state index in [0.717, 1.165) is 22.2 Å². The molecule has 6 heteroatoms. The van der Waals surface area contributed by atoms with Gasteiger partial charge in [-0.1, -0.05) is 0 Å². The summed E-state index contributed by atoms with van der Waals surface area (Å²) in [5.74, 6) is 0. The first-order valence-corrected chi connectivity index (χ1v) is 9.33. The molecule has 3 heterocycles. The van der Waals surface area contributed by atoms with Gasteiger partial charge in [0.1, 0.15) is 6.33 Å². The molecule has 0 N–H and O–H groups in total. The molecular weight excluding hydrogens is 348 g/mol. The van der Waals surface area contributed by atoms with Gasteiger partial charge in [-0.2, -0.15) is 0 Å². The van der Waals surface area contributed by atoms with E-state index in [2.05, 4.69) is 50.9 Å². The van der Waals surface area contributed by atoms with E-state index < -0.39 is 0 Å². The molecule has 0 bridgehead atoms. The zero-order chi connectivity index (χ0) is 17.0. The van der Waals surface area contributed by atoms with Crippen LogP contribution in [0.3, 0.4) is 0 Å². The summed E-state index contributed by atoms with van der Waals surface area (Å²) in [6.07, 6.45) is 5.30. The SMILES string of the molecule is C=Nc1cc2c(cc1/C=N\C)sc1c3cc4cncnc4cc3sc21. The van der Waals surface area contributed by atoms with Crippen LogP contribution in [0.25, 0.3) is 40.5 Å². The second kappa shape index (κ2) is 5.40. The second-order valence-electron chi connectivity index (χ2n) is 5.74. The van der Waals surface area contributed by atoms with Gasteiger partial charge in [0.25, 0.3) is 0 Å². The third kappa shape index (κ3) is 2.11. The van der Waals surface area contributed by atoms with E-state index in [0.29, 0.717) is 0 Å². The van der Waals surface area contributed by atoms with Crippen molar-refractivity contribution >= 4 is 81.8 Å². The molecule has 5 aromatic rings. The summed E-state index contributed by atoms with van der Waals surface area (Å²) in [6.45, 7) is 3.70. The molecular formula is C19H12N4S2. The Balaban J connectivity index is 1.91. The van der Waals surface area contributed by atoms with Gasteiger partial charge in [-0.15, -0.1) is 22.7 Å². The van der Waals surface area contributed by atoms with Crippen molar-refractivity contribution in [2.24, 2.45) is 9.98 Å². The predicted molar refractivity (Wildman–Crippen MR) is 111 cm³/mol. The van der Waals surface area contributed by atoms with Crippen LogP contribution in [0.1, 0.15) is 5.56 Å². The molecule has 4 nitrogen and oxygen atoms in total. The van der Waals surface area contributed by atoms with Crippen LogP contribution in [-0.2, 0) is 0 Å². The average molecular weight is 360 g/mol. The molecule has 0 aliphatic heterocycles. The highest BCUT2D eigenvalue weighted by atomic mass is 32.1. The summed E-state index contributed by atoms with van der Waals surface area (Å²) in [4.78, 5) is 16.8. The molecule has 2 aromatic carbocycles. The van der Waals surface area contributed by atoms with Crippen molar-refractivity contribution < 1.29 is 0 Å². The number of aromatic nitrogens is 2. The Morgan fingerprint density at radius 3 is 2.56 bits per heavy atom. The largest absolute Gasteiger partial charge is 0.296 e. The van der Waals surface area contributed by atoms with Gasteiger partial charge in [-0.25, -0.2) is 9.97 Å². The van der Waals surface area contributed by atoms with Crippen molar-refractivity contribution in [3.63, 3.8) is 0 Å². The lowest BCUT2D eigenvalue weighted by molar-refractivity contribution is 1.22. The standard InChI is InChI=1S/C19H12N4S2/c1-20-7-11-4-16-13(5-14(11)21-2)19-18(24-16)12-3-10-8-22-9-23-15(10)6-17(12)25-19/h3-9H,2H2,1H3/b20-7-. The minimum Gasteiger partial charge on any atom is -0.296 e. The first kappa shape index (κ1) is 14.6. The second-order valence-corrected chi connectivity index (χ2v) is 7.85. The van der Waals surface area contributed by atoms with Crippen LogP contribution in [-0.4, -0.2) is 29.9 Å². The maximum absolute atomic E-state index is 4.37. The first-order chi connectivity index (χ1) is 12.3. The van der Waals surface area contributed by atoms with Gasteiger partial charge in [-0.05, 0) is 31.0 Å². The molecule has 3 aromatic heterocycles. The van der Waals surface area contributed by atoms with E-state index in [9.17, 15) is 0 Å². The summed E-state index contributed by atoms with van der Waals surface area (Å²) in [5.41, 5.74) is 2.85. The van der Waals surface area contributed by atoms with Crippen molar-refractivity contribution in [3.8, 4) is 0 Å². The molecule has 0 spiro atoms. The maximum Gasteiger partial charge on any atom is 0.116 e. The molecule has 0 unspecified atom stereocenters. The number of hydrogen-bond acceptors (Lipinski definition) is 6. The van der Waals surface area contributed by atoms with Gasteiger partial charge < -0.3 is 0 Å². The van der Waals surface area contributed by atoms with Gasteiger partial charge >= 0.3 is 0 Å². The van der Waals surface area contributed by atoms with E-state index in [1.807, 2.05) is 23.7 Å². The summed E-state index contributed by atoms with van der Waals surface area (Å²) in [7, 11) is 1.77. The Bertz CT molecular complexity index is 1330. The minimum atomic E-state index is 0.867. The van der Waals surface area contributed by atoms with Crippen molar-refractivity contribution in [2.45, 2.75) is 0 Å². The average Bonchev–Trinajstić information content (AvgIpc) is 3.15. The summed E-state index contributed by atoms with van der Waals surface area (Å²) in [5, 5.41) is 3.56. The molecule has 0 radical (unpaired) electrons. The van der Waals surface area contributed by atoms with Crippen molar-refractivity contribution in [2.75, 3.05) is 7.05 Å². The number of rotatable bonds is 2. The lowest BCUT2D eigenvalue weighted by atomic mass is 10.1. The number of hydrogen-bond donors (Lipinski definition) is 0. The lowest BCUT2D eigenvalue weighted by Crippen LogP contribution is -1.81. The third-order valence-corrected chi connectivity index (χ3v) is 6.79. The highest BCUT2D eigenvalue weighted by molar-refractivity contribution is 7.36. The Morgan fingerprint density at radius 1 is 1.04 bits per heavy atom. The highest BCUT2D eigenvalue weighted by Crippen LogP contribution is 2.46. The van der Waals surface area contributed by atoms with E-state index in [1.54, 1.807) is 24.7 Å². The molecule has 120 valence electrons. The van der Waals surface area contributed by atoms with Crippen molar-refractivity contribution in [3.05, 3.63) is 42.4 Å². The van der Waals surface area contributed by atoms with Crippen LogP contribution in [0.4, 0.5) is 5.69 Å². The van der Waals surface area contributed by atoms with Crippen molar-refractivity contribution in [1.29, 1.82) is 0 Å². The fourth-order valence-electron chi connectivity index (χ4n) is 3.16. The molecule has 0 aliphatic carbocycles. The van der Waals surface area contributed by atoms with Gasteiger partial charge in [0.15, 0.2) is 0 Å².